The average molecular weight is 317 g/mol. The summed E-state index contributed by atoms with van der Waals surface area (Å²) >= 11 is 0. The van der Waals surface area contributed by atoms with Gasteiger partial charge in [0.1, 0.15) is 0 Å². The maximum atomic E-state index is 11.6. The Balaban J connectivity index is 2.13. The molecule has 1 rings (SSSR count). The van der Waals surface area contributed by atoms with E-state index in [9.17, 15) is 4.79 Å². The van der Waals surface area contributed by atoms with Gasteiger partial charge in [-0.3, -0.25) is 10.5 Å². The first-order valence-corrected chi connectivity index (χ1v) is 9.29. The summed E-state index contributed by atoms with van der Waals surface area (Å²) in [6, 6.07) is 8.19. The van der Waals surface area contributed by atoms with E-state index in [1.165, 1.54) is 56.9 Å². The van der Waals surface area contributed by atoms with Crippen LogP contribution in [0.3, 0.4) is 0 Å². The lowest BCUT2D eigenvalue weighted by molar-refractivity contribution is -0.116. The molecule has 0 atom stereocenters. The summed E-state index contributed by atoms with van der Waals surface area (Å²) in [5, 5.41) is 2.88. The molecule has 3 nitrogen and oxygen atoms in total. The molecule has 1 aromatic rings. The monoisotopic (exact) mass is 317 g/mol. The zero-order valence-corrected chi connectivity index (χ0v) is 14.7. The van der Waals surface area contributed by atoms with Crippen LogP contribution in [0.5, 0.6) is 0 Å². The van der Waals surface area contributed by atoms with Crippen molar-refractivity contribution < 1.29 is 4.79 Å². The minimum absolute atomic E-state index is 0.00748. The summed E-state index contributed by atoms with van der Waals surface area (Å²) in [5.41, 5.74) is 9.27. The van der Waals surface area contributed by atoms with Gasteiger partial charge in [-0.25, -0.2) is 0 Å². The molecule has 0 aliphatic carbocycles. The summed E-state index contributed by atoms with van der Waals surface area (Å²) in [6.07, 6.45) is 13.0. The number of rotatable bonds is 13. The molecule has 0 saturated heterocycles. The number of carbonyl (C=O) groups is 1. The zero-order valence-electron chi connectivity index (χ0n) is 14.7. The van der Waals surface area contributed by atoms with Crippen molar-refractivity contribution >= 4 is 11.6 Å². The second kappa shape index (κ2) is 13.1. The lowest BCUT2D eigenvalue weighted by Crippen LogP contribution is -2.11. The molecule has 0 heterocycles. The maximum Gasteiger partial charge on any atom is 0.224 e. The van der Waals surface area contributed by atoms with Crippen molar-refractivity contribution in [1.82, 2.24) is 5.73 Å². The van der Waals surface area contributed by atoms with Crippen molar-refractivity contribution in [2.45, 2.75) is 77.6 Å². The van der Waals surface area contributed by atoms with Crippen LogP contribution in [0.4, 0.5) is 5.69 Å². The fourth-order valence-electron chi connectivity index (χ4n) is 2.69. The van der Waals surface area contributed by atoms with Crippen molar-refractivity contribution in [2.75, 3.05) is 11.9 Å². The van der Waals surface area contributed by atoms with E-state index in [0.717, 1.165) is 12.1 Å². The molecule has 0 spiro atoms. The Morgan fingerprint density at radius 3 is 2.13 bits per heavy atom. The average Bonchev–Trinajstić information content (AvgIpc) is 2.57. The molecule has 0 saturated carbocycles. The molecule has 0 aliphatic heterocycles. The number of hydrogen-bond acceptors (Lipinski definition) is 1. The van der Waals surface area contributed by atoms with Crippen LogP contribution >= 0.6 is 0 Å². The molecular formula is C20H33N2O. The van der Waals surface area contributed by atoms with Crippen LogP contribution in [-0.4, -0.2) is 12.5 Å². The van der Waals surface area contributed by atoms with E-state index < -0.39 is 0 Å². The smallest absolute Gasteiger partial charge is 0.224 e. The molecule has 23 heavy (non-hydrogen) atoms. The topological polar surface area (TPSA) is 52.9 Å². The van der Waals surface area contributed by atoms with Crippen molar-refractivity contribution in [3.05, 3.63) is 29.8 Å². The molecule has 3 heteroatoms. The van der Waals surface area contributed by atoms with Crippen LogP contribution in [-0.2, 0) is 11.2 Å². The minimum Gasteiger partial charge on any atom is -0.326 e. The summed E-state index contributed by atoms with van der Waals surface area (Å²) in [7, 11) is 0. The van der Waals surface area contributed by atoms with Gasteiger partial charge >= 0.3 is 0 Å². The molecule has 1 amide bonds. The molecule has 1 radical (unpaired) electrons. The molecular weight excluding hydrogens is 284 g/mol. The van der Waals surface area contributed by atoms with Gasteiger partial charge in [0.05, 0.1) is 0 Å². The van der Waals surface area contributed by atoms with Crippen LogP contribution in [0.2, 0.25) is 0 Å². The van der Waals surface area contributed by atoms with E-state index in [4.69, 9.17) is 5.73 Å². The first kappa shape index (κ1) is 19.7. The third-order valence-corrected chi connectivity index (χ3v) is 4.14. The van der Waals surface area contributed by atoms with Gasteiger partial charge in [0, 0.05) is 18.7 Å². The van der Waals surface area contributed by atoms with Crippen molar-refractivity contribution in [1.29, 1.82) is 0 Å². The lowest BCUT2D eigenvalue weighted by atomic mass is 10.0. The van der Waals surface area contributed by atoms with E-state index in [1.807, 2.05) is 12.1 Å². The highest BCUT2D eigenvalue weighted by atomic mass is 16.1. The Labute approximate surface area is 142 Å². The Kier molecular flexibility index (Phi) is 11.2. The number of carbonyl (C=O) groups excluding carboxylic acids is 1. The Bertz CT molecular complexity index is 414. The second-order valence-corrected chi connectivity index (χ2v) is 6.32. The normalized spacial score (nSPS) is 10.7. The number of hydrogen-bond donors (Lipinski definition) is 1. The van der Waals surface area contributed by atoms with Crippen molar-refractivity contribution in [2.24, 2.45) is 0 Å². The van der Waals surface area contributed by atoms with Gasteiger partial charge in [0.25, 0.3) is 0 Å². The predicted octanol–water partition coefficient (Wildman–Crippen LogP) is 5.37. The van der Waals surface area contributed by atoms with Gasteiger partial charge < -0.3 is 5.32 Å². The number of anilines is 1. The molecule has 0 unspecified atom stereocenters. The van der Waals surface area contributed by atoms with Gasteiger partial charge in [-0.1, -0.05) is 64.0 Å². The number of aryl methyl sites for hydroxylation is 1. The third-order valence-electron chi connectivity index (χ3n) is 4.14. The molecule has 0 fully saturated rings. The van der Waals surface area contributed by atoms with Crippen LogP contribution in [0.25, 0.3) is 0 Å². The van der Waals surface area contributed by atoms with E-state index >= 15 is 0 Å². The standard InChI is InChI=1S/C20H33N2O/c1-2-3-4-5-6-7-8-9-11-18-13-15-19(16-14-18)22-20(23)12-10-17-21/h13-16,21H,2-12,17H2,1H3,(H,22,23). The Morgan fingerprint density at radius 2 is 1.52 bits per heavy atom. The fourth-order valence-corrected chi connectivity index (χ4v) is 2.69. The SMILES string of the molecule is CCCCCCCCCCc1ccc(NC(=O)CCC[NH])cc1. The van der Waals surface area contributed by atoms with Gasteiger partial charge in [-0.05, 0) is 37.0 Å². The highest BCUT2D eigenvalue weighted by Gasteiger charge is 2.02. The van der Waals surface area contributed by atoms with E-state index in [-0.39, 0.29) is 5.91 Å². The van der Waals surface area contributed by atoms with Crippen LogP contribution in [0.1, 0.15) is 76.7 Å². The molecule has 0 bridgehead atoms. The fraction of sp³-hybridized carbons (Fsp3) is 0.650. The molecule has 0 aromatic heterocycles. The summed E-state index contributed by atoms with van der Waals surface area (Å²) in [6.45, 7) is 2.57. The number of amides is 1. The van der Waals surface area contributed by atoms with Gasteiger partial charge in [-0.15, -0.1) is 0 Å². The van der Waals surface area contributed by atoms with Gasteiger partial charge in [-0.2, -0.15) is 0 Å². The largest absolute Gasteiger partial charge is 0.326 e. The first-order chi connectivity index (χ1) is 11.3. The predicted molar refractivity (Wildman–Crippen MR) is 98.6 cm³/mol. The van der Waals surface area contributed by atoms with Crippen molar-refractivity contribution in [3.63, 3.8) is 0 Å². The molecule has 2 N–H and O–H groups in total. The van der Waals surface area contributed by atoms with Gasteiger partial charge in [0.2, 0.25) is 5.91 Å². The quantitative estimate of drug-likeness (QED) is 0.488. The van der Waals surface area contributed by atoms with Crippen LogP contribution in [0.15, 0.2) is 24.3 Å². The van der Waals surface area contributed by atoms with E-state index in [1.54, 1.807) is 0 Å². The molecule has 129 valence electrons. The minimum atomic E-state index is 0.00748. The zero-order chi connectivity index (χ0) is 16.8. The summed E-state index contributed by atoms with van der Waals surface area (Å²) in [4.78, 5) is 11.6. The Morgan fingerprint density at radius 1 is 0.913 bits per heavy atom. The second-order valence-electron chi connectivity index (χ2n) is 6.32. The number of unbranched alkanes of at least 4 members (excludes halogenated alkanes) is 7. The Hall–Kier alpha value is -1.35. The van der Waals surface area contributed by atoms with Crippen LogP contribution in [0, 0.1) is 0 Å². The van der Waals surface area contributed by atoms with Gasteiger partial charge in [0.15, 0.2) is 0 Å². The number of nitrogens with one attached hydrogen (secondary N) is 2. The van der Waals surface area contributed by atoms with E-state index in [0.29, 0.717) is 19.4 Å². The third kappa shape index (κ3) is 10.1. The number of benzene rings is 1. The molecule has 0 aliphatic rings. The van der Waals surface area contributed by atoms with E-state index in [2.05, 4.69) is 24.4 Å². The highest BCUT2D eigenvalue weighted by Crippen LogP contribution is 2.14. The molecule has 1 aromatic carbocycles. The maximum absolute atomic E-state index is 11.6. The summed E-state index contributed by atoms with van der Waals surface area (Å²) < 4.78 is 0. The first-order valence-electron chi connectivity index (χ1n) is 9.29. The van der Waals surface area contributed by atoms with Crippen LogP contribution < -0.4 is 11.1 Å². The summed E-state index contributed by atoms with van der Waals surface area (Å²) in [5.74, 6) is 0.00748. The highest BCUT2D eigenvalue weighted by molar-refractivity contribution is 5.90. The van der Waals surface area contributed by atoms with Crippen molar-refractivity contribution in [3.8, 4) is 0 Å². The lowest BCUT2D eigenvalue weighted by Gasteiger charge is -2.06.